The molecule has 0 saturated heterocycles. The second-order valence-electron chi connectivity index (χ2n) is 5.08. The van der Waals surface area contributed by atoms with Crippen LogP contribution in [0.1, 0.15) is 22.2 Å². The van der Waals surface area contributed by atoms with Crippen molar-refractivity contribution in [3.8, 4) is 11.5 Å². The van der Waals surface area contributed by atoms with Gasteiger partial charge in [0.1, 0.15) is 6.04 Å². The largest absolute Gasteiger partial charge is 0.454 e. The van der Waals surface area contributed by atoms with E-state index in [-0.39, 0.29) is 18.6 Å². The molecule has 0 radical (unpaired) electrons. The molecule has 1 aromatic heterocycles. The summed E-state index contributed by atoms with van der Waals surface area (Å²) in [6, 6.07) is 8.41. The third kappa shape index (κ3) is 3.62. The minimum absolute atomic E-state index is 0.219. The highest BCUT2D eigenvalue weighted by Crippen LogP contribution is 2.32. The first-order valence-electron chi connectivity index (χ1n) is 7.14. The summed E-state index contributed by atoms with van der Waals surface area (Å²) in [5.74, 6) is 0.894. The van der Waals surface area contributed by atoms with Gasteiger partial charge in [-0.3, -0.25) is 9.59 Å². The van der Waals surface area contributed by atoms with Crippen molar-refractivity contribution < 1.29 is 19.1 Å². The zero-order valence-electron chi connectivity index (χ0n) is 12.5. The molecule has 120 valence electrons. The number of fused-ring (bicyclic) bond motifs is 1. The van der Waals surface area contributed by atoms with Crippen molar-refractivity contribution in [1.29, 1.82) is 0 Å². The van der Waals surface area contributed by atoms with Crippen LogP contribution in [0.3, 0.4) is 0 Å². The van der Waals surface area contributed by atoms with Crippen molar-refractivity contribution >= 4 is 23.2 Å². The lowest BCUT2D eigenvalue weighted by molar-refractivity contribution is -0.122. The van der Waals surface area contributed by atoms with Gasteiger partial charge in [0.2, 0.25) is 12.7 Å². The van der Waals surface area contributed by atoms with Crippen LogP contribution in [0.2, 0.25) is 0 Å². The third-order valence-corrected chi connectivity index (χ3v) is 4.26. The van der Waals surface area contributed by atoms with Crippen molar-refractivity contribution in [2.75, 3.05) is 6.79 Å². The van der Waals surface area contributed by atoms with Gasteiger partial charge in [0.25, 0.3) is 5.91 Å². The van der Waals surface area contributed by atoms with Gasteiger partial charge in [0.05, 0.1) is 4.88 Å². The molecule has 6 nitrogen and oxygen atoms in total. The van der Waals surface area contributed by atoms with Crippen molar-refractivity contribution in [3.05, 3.63) is 46.2 Å². The first-order chi connectivity index (χ1) is 11.1. The molecular formula is C16H16N2O4S. The number of hydrogen-bond donors (Lipinski definition) is 2. The molecule has 23 heavy (non-hydrogen) atoms. The predicted molar refractivity (Wildman–Crippen MR) is 85.7 cm³/mol. The van der Waals surface area contributed by atoms with Crippen LogP contribution in [0.15, 0.2) is 35.7 Å². The van der Waals surface area contributed by atoms with Gasteiger partial charge in [-0.05, 0) is 36.1 Å². The Labute approximate surface area is 137 Å². The fourth-order valence-electron chi connectivity index (χ4n) is 2.13. The van der Waals surface area contributed by atoms with Crippen molar-refractivity contribution in [1.82, 2.24) is 10.6 Å². The van der Waals surface area contributed by atoms with Gasteiger partial charge < -0.3 is 20.1 Å². The van der Waals surface area contributed by atoms with Crippen LogP contribution in [0.4, 0.5) is 0 Å². The van der Waals surface area contributed by atoms with Gasteiger partial charge in [-0.15, -0.1) is 11.3 Å². The second kappa shape index (κ2) is 6.70. The number of ether oxygens (including phenoxy) is 2. The van der Waals surface area contributed by atoms with E-state index in [0.717, 1.165) is 5.56 Å². The average molecular weight is 332 g/mol. The van der Waals surface area contributed by atoms with Crippen molar-refractivity contribution in [2.24, 2.45) is 0 Å². The Morgan fingerprint density at radius 3 is 2.87 bits per heavy atom. The van der Waals surface area contributed by atoms with E-state index >= 15 is 0 Å². The maximum atomic E-state index is 12.1. The van der Waals surface area contributed by atoms with E-state index in [1.54, 1.807) is 19.1 Å². The van der Waals surface area contributed by atoms with Gasteiger partial charge in [-0.1, -0.05) is 12.1 Å². The fraction of sp³-hybridized carbons (Fsp3) is 0.250. The summed E-state index contributed by atoms with van der Waals surface area (Å²) < 4.78 is 10.5. The third-order valence-electron chi connectivity index (χ3n) is 3.39. The number of rotatable bonds is 5. The quantitative estimate of drug-likeness (QED) is 0.877. The lowest BCUT2D eigenvalue weighted by Gasteiger charge is -2.13. The Bertz CT molecular complexity index is 715. The van der Waals surface area contributed by atoms with Gasteiger partial charge in [-0.25, -0.2) is 0 Å². The van der Waals surface area contributed by atoms with E-state index < -0.39 is 6.04 Å². The van der Waals surface area contributed by atoms with E-state index in [9.17, 15) is 9.59 Å². The smallest absolute Gasteiger partial charge is 0.261 e. The molecule has 7 heteroatoms. The number of amides is 2. The van der Waals surface area contributed by atoms with E-state index in [1.807, 2.05) is 23.6 Å². The van der Waals surface area contributed by atoms with Gasteiger partial charge in [-0.2, -0.15) is 0 Å². The number of nitrogens with one attached hydrogen (secondary N) is 2. The Kier molecular flexibility index (Phi) is 4.47. The number of thiophene rings is 1. The monoisotopic (exact) mass is 332 g/mol. The maximum Gasteiger partial charge on any atom is 0.261 e. The summed E-state index contributed by atoms with van der Waals surface area (Å²) in [6.45, 7) is 2.23. The average Bonchev–Trinajstić information content (AvgIpc) is 3.22. The molecule has 2 N–H and O–H groups in total. The molecule has 2 heterocycles. The first-order valence-corrected chi connectivity index (χ1v) is 8.02. The van der Waals surface area contributed by atoms with Gasteiger partial charge in [0, 0.05) is 6.54 Å². The van der Waals surface area contributed by atoms with Gasteiger partial charge >= 0.3 is 0 Å². The molecule has 0 bridgehead atoms. The molecule has 0 saturated carbocycles. The first kappa shape index (κ1) is 15.4. The fourth-order valence-corrected chi connectivity index (χ4v) is 2.76. The van der Waals surface area contributed by atoms with Crippen LogP contribution in [-0.2, 0) is 11.3 Å². The second-order valence-corrected chi connectivity index (χ2v) is 6.03. The molecule has 1 aromatic carbocycles. The van der Waals surface area contributed by atoms with Crippen LogP contribution in [0.25, 0.3) is 0 Å². The summed E-state index contributed by atoms with van der Waals surface area (Å²) in [5, 5.41) is 7.29. The summed E-state index contributed by atoms with van der Waals surface area (Å²) in [6.07, 6.45) is 0. The van der Waals surface area contributed by atoms with Crippen molar-refractivity contribution in [2.45, 2.75) is 19.5 Å². The topological polar surface area (TPSA) is 76.7 Å². The Morgan fingerprint density at radius 2 is 2.09 bits per heavy atom. The maximum absolute atomic E-state index is 12.1. The summed E-state index contributed by atoms with van der Waals surface area (Å²) >= 11 is 1.34. The van der Waals surface area contributed by atoms with Crippen molar-refractivity contribution in [3.63, 3.8) is 0 Å². The Balaban J connectivity index is 1.51. The highest BCUT2D eigenvalue weighted by atomic mass is 32.1. The van der Waals surface area contributed by atoms with Crippen LogP contribution < -0.4 is 20.1 Å². The van der Waals surface area contributed by atoms with E-state index in [0.29, 0.717) is 22.9 Å². The molecule has 1 atom stereocenters. The zero-order chi connectivity index (χ0) is 16.2. The number of carbonyl (C=O) groups is 2. The lowest BCUT2D eigenvalue weighted by atomic mass is 10.2. The molecule has 3 rings (SSSR count). The number of hydrogen-bond acceptors (Lipinski definition) is 5. The van der Waals surface area contributed by atoms with E-state index in [2.05, 4.69) is 10.6 Å². The van der Waals surface area contributed by atoms with Crippen LogP contribution in [0.5, 0.6) is 11.5 Å². The highest BCUT2D eigenvalue weighted by molar-refractivity contribution is 7.12. The molecular weight excluding hydrogens is 316 g/mol. The van der Waals surface area contributed by atoms with Gasteiger partial charge in [0.15, 0.2) is 11.5 Å². The standard InChI is InChI=1S/C16H16N2O4S/c1-10(18-16(20)14-3-2-6-23-14)15(19)17-8-11-4-5-12-13(7-11)22-9-21-12/h2-7,10H,8-9H2,1H3,(H,17,19)(H,18,20)/t10-/m1/s1. The molecule has 1 aliphatic rings. The SMILES string of the molecule is C[C@@H](NC(=O)c1cccs1)C(=O)NCc1ccc2c(c1)OCO2. The minimum atomic E-state index is -0.612. The Morgan fingerprint density at radius 1 is 1.26 bits per heavy atom. The molecule has 2 aromatic rings. The lowest BCUT2D eigenvalue weighted by Crippen LogP contribution is -2.44. The number of benzene rings is 1. The van der Waals surface area contributed by atoms with Crippen LogP contribution in [-0.4, -0.2) is 24.6 Å². The van der Waals surface area contributed by atoms with Crippen LogP contribution >= 0.6 is 11.3 Å². The predicted octanol–water partition coefficient (Wildman–Crippen LogP) is 1.91. The van der Waals surface area contributed by atoms with E-state index in [1.165, 1.54) is 11.3 Å². The molecule has 0 unspecified atom stereocenters. The number of carbonyl (C=O) groups excluding carboxylic acids is 2. The van der Waals surface area contributed by atoms with Crippen LogP contribution in [0, 0.1) is 0 Å². The molecule has 1 aliphatic heterocycles. The molecule has 0 fully saturated rings. The summed E-state index contributed by atoms with van der Waals surface area (Å²) in [5.41, 5.74) is 0.902. The summed E-state index contributed by atoms with van der Waals surface area (Å²) in [7, 11) is 0. The highest BCUT2D eigenvalue weighted by Gasteiger charge is 2.18. The molecule has 0 spiro atoms. The molecule has 2 amide bonds. The zero-order valence-corrected chi connectivity index (χ0v) is 13.3. The molecule has 0 aliphatic carbocycles. The summed E-state index contributed by atoms with van der Waals surface area (Å²) in [4.78, 5) is 24.6. The van der Waals surface area contributed by atoms with E-state index in [4.69, 9.17) is 9.47 Å². The minimum Gasteiger partial charge on any atom is -0.454 e. The normalized spacial score (nSPS) is 13.4. The Hall–Kier alpha value is -2.54.